The Hall–Kier alpha value is -2.32. The SMILES string of the molecule is N#Cc1ccc(N2CCN(C(=O)Cc3cccs3)CC2)cc1. The Morgan fingerprint density at radius 3 is 2.45 bits per heavy atom. The number of carbonyl (C=O) groups is 1. The van der Waals surface area contributed by atoms with Crippen molar-refractivity contribution in [3.05, 3.63) is 52.2 Å². The van der Waals surface area contributed by atoms with E-state index in [1.54, 1.807) is 11.3 Å². The van der Waals surface area contributed by atoms with Crippen LogP contribution in [0, 0.1) is 11.3 Å². The summed E-state index contributed by atoms with van der Waals surface area (Å²) in [5.41, 5.74) is 1.79. The van der Waals surface area contributed by atoms with Crippen molar-refractivity contribution in [2.24, 2.45) is 0 Å². The summed E-state index contributed by atoms with van der Waals surface area (Å²) < 4.78 is 0. The normalized spacial score (nSPS) is 14.7. The van der Waals surface area contributed by atoms with Gasteiger partial charge in [-0.2, -0.15) is 5.26 Å². The first kappa shape index (κ1) is 14.6. The smallest absolute Gasteiger partial charge is 0.227 e. The number of piperazine rings is 1. The van der Waals surface area contributed by atoms with Gasteiger partial charge in [0.25, 0.3) is 0 Å². The molecule has 1 aromatic heterocycles. The predicted molar refractivity (Wildman–Crippen MR) is 88.0 cm³/mol. The quantitative estimate of drug-likeness (QED) is 0.875. The van der Waals surface area contributed by atoms with Gasteiger partial charge in [-0.3, -0.25) is 4.79 Å². The zero-order chi connectivity index (χ0) is 15.4. The van der Waals surface area contributed by atoms with Crippen LogP contribution in [0.1, 0.15) is 10.4 Å². The molecule has 2 heterocycles. The summed E-state index contributed by atoms with van der Waals surface area (Å²) in [6.45, 7) is 3.18. The molecule has 4 nitrogen and oxygen atoms in total. The molecule has 0 N–H and O–H groups in total. The van der Waals surface area contributed by atoms with Crippen LogP contribution in [0.25, 0.3) is 0 Å². The van der Waals surface area contributed by atoms with E-state index in [1.165, 1.54) is 0 Å². The molecule has 1 fully saturated rings. The topological polar surface area (TPSA) is 47.3 Å². The molecule has 3 rings (SSSR count). The minimum atomic E-state index is 0.210. The van der Waals surface area contributed by atoms with E-state index in [9.17, 15) is 4.79 Å². The molecule has 1 amide bonds. The Kier molecular flexibility index (Phi) is 4.40. The number of thiophene rings is 1. The lowest BCUT2D eigenvalue weighted by Crippen LogP contribution is -2.49. The van der Waals surface area contributed by atoms with Crippen LogP contribution in [0.2, 0.25) is 0 Å². The van der Waals surface area contributed by atoms with Crippen molar-refractivity contribution in [2.45, 2.75) is 6.42 Å². The Morgan fingerprint density at radius 1 is 1.14 bits per heavy atom. The lowest BCUT2D eigenvalue weighted by molar-refractivity contribution is -0.130. The maximum absolute atomic E-state index is 12.3. The first-order chi connectivity index (χ1) is 10.8. The van der Waals surface area contributed by atoms with Gasteiger partial charge >= 0.3 is 0 Å². The van der Waals surface area contributed by atoms with E-state index < -0.39 is 0 Å². The fourth-order valence-electron chi connectivity index (χ4n) is 2.63. The molecule has 0 saturated carbocycles. The molecule has 0 atom stereocenters. The molecule has 0 spiro atoms. The highest BCUT2D eigenvalue weighted by Crippen LogP contribution is 2.18. The number of amides is 1. The zero-order valence-corrected chi connectivity index (χ0v) is 13.1. The summed E-state index contributed by atoms with van der Waals surface area (Å²) in [4.78, 5) is 17.6. The van der Waals surface area contributed by atoms with Gasteiger partial charge in [0.15, 0.2) is 0 Å². The van der Waals surface area contributed by atoms with Gasteiger partial charge in [-0.15, -0.1) is 11.3 Å². The number of anilines is 1. The summed E-state index contributed by atoms with van der Waals surface area (Å²) in [7, 11) is 0. The average molecular weight is 311 g/mol. The molecular weight excluding hydrogens is 294 g/mol. The second kappa shape index (κ2) is 6.63. The second-order valence-corrected chi connectivity index (χ2v) is 6.31. The summed E-state index contributed by atoms with van der Waals surface area (Å²) in [6.07, 6.45) is 0.508. The lowest BCUT2D eigenvalue weighted by atomic mass is 10.2. The molecule has 1 aliphatic heterocycles. The molecule has 0 aliphatic carbocycles. The number of hydrogen-bond acceptors (Lipinski definition) is 4. The van der Waals surface area contributed by atoms with Crippen molar-refractivity contribution in [3.63, 3.8) is 0 Å². The van der Waals surface area contributed by atoms with Gasteiger partial charge in [0.05, 0.1) is 18.1 Å². The van der Waals surface area contributed by atoms with Crippen molar-refractivity contribution in [1.82, 2.24) is 4.90 Å². The van der Waals surface area contributed by atoms with E-state index >= 15 is 0 Å². The molecule has 0 radical (unpaired) electrons. The molecule has 1 aliphatic rings. The van der Waals surface area contributed by atoms with Crippen LogP contribution in [0.5, 0.6) is 0 Å². The van der Waals surface area contributed by atoms with E-state index in [0.717, 1.165) is 36.7 Å². The van der Waals surface area contributed by atoms with Crippen molar-refractivity contribution in [2.75, 3.05) is 31.1 Å². The first-order valence-electron chi connectivity index (χ1n) is 7.31. The van der Waals surface area contributed by atoms with E-state index in [-0.39, 0.29) is 5.91 Å². The van der Waals surface area contributed by atoms with Crippen LogP contribution in [0.4, 0.5) is 5.69 Å². The van der Waals surface area contributed by atoms with Gasteiger partial charge in [0, 0.05) is 36.7 Å². The summed E-state index contributed by atoms with van der Waals surface area (Å²) in [5, 5.41) is 10.8. The van der Waals surface area contributed by atoms with Gasteiger partial charge in [-0.25, -0.2) is 0 Å². The molecule has 1 saturated heterocycles. The molecule has 22 heavy (non-hydrogen) atoms. The predicted octanol–water partition coefficient (Wildman–Crippen LogP) is 2.51. The Labute approximate surface area is 134 Å². The Morgan fingerprint density at radius 2 is 1.86 bits per heavy atom. The van der Waals surface area contributed by atoms with E-state index in [2.05, 4.69) is 11.0 Å². The molecule has 112 valence electrons. The molecule has 0 bridgehead atoms. The lowest BCUT2D eigenvalue weighted by Gasteiger charge is -2.36. The van der Waals surface area contributed by atoms with Gasteiger partial charge < -0.3 is 9.80 Å². The van der Waals surface area contributed by atoms with Gasteiger partial charge in [0.2, 0.25) is 5.91 Å². The Balaban J connectivity index is 1.55. The maximum atomic E-state index is 12.3. The minimum Gasteiger partial charge on any atom is -0.368 e. The standard InChI is InChI=1S/C17H17N3OS/c18-13-14-3-5-15(6-4-14)19-7-9-20(10-8-19)17(21)12-16-2-1-11-22-16/h1-6,11H,7-10,12H2. The fourth-order valence-corrected chi connectivity index (χ4v) is 3.33. The number of nitrogens with zero attached hydrogens (tertiary/aromatic N) is 3. The second-order valence-electron chi connectivity index (χ2n) is 5.28. The van der Waals surface area contributed by atoms with Gasteiger partial charge in [-0.05, 0) is 35.7 Å². The number of carbonyl (C=O) groups excluding carboxylic acids is 1. The van der Waals surface area contributed by atoms with Crippen LogP contribution in [-0.2, 0) is 11.2 Å². The largest absolute Gasteiger partial charge is 0.368 e. The number of hydrogen-bond donors (Lipinski definition) is 0. The monoisotopic (exact) mass is 311 g/mol. The van der Waals surface area contributed by atoms with Crippen LogP contribution in [0.15, 0.2) is 41.8 Å². The molecule has 2 aromatic rings. The van der Waals surface area contributed by atoms with Gasteiger partial charge in [-0.1, -0.05) is 6.07 Å². The van der Waals surface area contributed by atoms with Crippen molar-refractivity contribution < 1.29 is 4.79 Å². The van der Waals surface area contributed by atoms with Crippen molar-refractivity contribution in [3.8, 4) is 6.07 Å². The molecule has 0 unspecified atom stereocenters. The number of nitriles is 1. The summed E-state index contributed by atoms with van der Waals surface area (Å²) >= 11 is 1.63. The third-order valence-electron chi connectivity index (χ3n) is 3.90. The molecule has 5 heteroatoms. The maximum Gasteiger partial charge on any atom is 0.227 e. The van der Waals surface area contributed by atoms with Crippen LogP contribution in [-0.4, -0.2) is 37.0 Å². The highest BCUT2D eigenvalue weighted by molar-refractivity contribution is 7.10. The number of rotatable bonds is 3. The highest BCUT2D eigenvalue weighted by atomic mass is 32.1. The highest BCUT2D eigenvalue weighted by Gasteiger charge is 2.21. The summed E-state index contributed by atoms with van der Waals surface area (Å²) in [6, 6.07) is 13.7. The third kappa shape index (κ3) is 3.29. The van der Waals surface area contributed by atoms with Crippen LogP contribution < -0.4 is 4.90 Å². The van der Waals surface area contributed by atoms with E-state index in [4.69, 9.17) is 5.26 Å². The number of benzene rings is 1. The fraction of sp³-hybridized carbons (Fsp3) is 0.294. The summed E-state index contributed by atoms with van der Waals surface area (Å²) in [5.74, 6) is 0.210. The van der Waals surface area contributed by atoms with Crippen LogP contribution in [0.3, 0.4) is 0 Å². The third-order valence-corrected chi connectivity index (χ3v) is 4.78. The van der Waals surface area contributed by atoms with Crippen molar-refractivity contribution >= 4 is 22.9 Å². The minimum absolute atomic E-state index is 0.210. The van der Waals surface area contributed by atoms with Crippen LogP contribution >= 0.6 is 11.3 Å². The Bertz CT molecular complexity index is 665. The molecule has 1 aromatic carbocycles. The first-order valence-corrected chi connectivity index (χ1v) is 8.19. The van der Waals surface area contributed by atoms with E-state index in [1.807, 2.05) is 46.7 Å². The zero-order valence-electron chi connectivity index (χ0n) is 12.2. The van der Waals surface area contributed by atoms with Gasteiger partial charge in [0.1, 0.15) is 0 Å². The van der Waals surface area contributed by atoms with Crippen molar-refractivity contribution in [1.29, 1.82) is 5.26 Å². The van der Waals surface area contributed by atoms with E-state index in [0.29, 0.717) is 12.0 Å². The average Bonchev–Trinajstić information content (AvgIpc) is 3.08. The molecular formula is C17H17N3OS.